The number of amides is 1. The van der Waals surface area contributed by atoms with Crippen LogP contribution in [0.5, 0.6) is 5.75 Å². The molecular formula is C21H25NO2. The fraction of sp³-hybridized carbons (Fsp3) is 0.381. The van der Waals surface area contributed by atoms with E-state index in [1.165, 1.54) is 16.7 Å². The minimum atomic E-state index is 0.144. The quantitative estimate of drug-likeness (QED) is 0.833. The van der Waals surface area contributed by atoms with Crippen LogP contribution < -0.4 is 4.74 Å². The van der Waals surface area contributed by atoms with Crippen LogP contribution in [0.2, 0.25) is 0 Å². The van der Waals surface area contributed by atoms with Crippen LogP contribution in [-0.4, -0.2) is 23.9 Å². The maximum atomic E-state index is 12.4. The Morgan fingerprint density at radius 1 is 1.04 bits per heavy atom. The molecule has 0 N–H and O–H groups in total. The lowest BCUT2D eigenvalue weighted by Gasteiger charge is -2.15. The van der Waals surface area contributed by atoms with E-state index >= 15 is 0 Å². The molecule has 1 saturated heterocycles. The van der Waals surface area contributed by atoms with Gasteiger partial charge in [0.15, 0.2) is 0 Å². The summed E-state index contributed by atoms with van der Waals surface area (Å²) in [5, 5.41) is 0. The zero-order valence-corrected chi connectivity index (χ0v) is 14.8. The fourth-order valence-electron chi connectivity index (χ4n) is 3.16. The van der Waals surface area contributed by atoms with Gasteiger partial charge < -0.3 is 9.64 Å². The lowest BCUT2D eigenvalue weighted by Crippen LogP contribution is -2.27. The van der Waals surface area contributed by atoms with E-state index in [-0.39, 0.29) is 5.91 Å². The van der Waals surface area contributed by atoms with Crippen molar-refractivity contribution in [1.29, 1.82) is 0 Å². The van der Waals surface area contributed by atoms with Gasteiger partial charge in [0.1, 0.15) is 12.4 Å². The number of nitrogens with zero attached hydrogens (tertiary/aromatic N) is 1. The topological polar surface area (TPSA) is 29.5 Å². The van der Waals surface area contributed by atoms with Crippen molar-refractivity contribution < 1.29 is 9.53 Å². The molecule has 0 atom stereocenters. The summed E-state index contributed by atoms with van der Waals surface area (Å²) in [6.45, 7) is 8.56. The first-order chi connectivity index (χ1) is 11.5. The summed E-state index contributed by atoms with van der Waals surface area (Å²) >= 11 is 0. The van der Waals surface area contributed by atoms with Crippen LogP contribution in [0.25, 0.3) is 0 Å². The number of likely N-dealkylation sites (tertiary alicyclic amines) is 1. The number of benzene rings is 2. The molecule has 24 heavy (non-hydrogen) atoms. The molecule has 1 fully saturated rings. The number of carbonyl (C=O) groups excluding carboxylic acids is 1. The summed E-state index contributed by atoms with van der Waals surface area (Å²) in [4.78, 5) is 14.3. The molecule has 2 aromatic rings. The van der Waals surface area contributed by atoms with Crippen molar-refractivity contribution in [2.24, 2.45) is 0 Å². The zero-order chi connectivity index (χ0) is 17.1. The van der Waals surface area contributed by atoms with E-state index < -0.39 is 0 Å². The Labute approximate surface area is 144 Å². The molecule has 0 aromatic heterocycles. The van der Waals surface area contributed by atoms with Crippen LogP contribution in [0, 0.1) is 20.8 Å². The minimum absolute atomic E-state index is 0.144. The molecule has 0 bridgehead atoms. The Bertz CT molecular complexity index is 728. The second kappa shape index (κ2) is 7.08. The largest absolute Gasteiger partial charge is 0.489 e. The van der Waals surface area contributed by atoms with Gasteiger partial charge in [-0.1, -0.05) is 18.2 Å². The summed E-state index contributed by atoms with van der Waals surface area (Å²) in [6, 6.07) is 12.0. The minimum Gasteiger partial charge on any atom is -0.489 e. The van der Waals surface area contributed by atoms with Gasteiger partial charge in [-0.3, -0.25) is 4.79 Å². The summed E-state index contributed by atoms with van der Waals surface area (Å²) in [6.07, 6.45) is 2.24. The smallest absolute Gasteiger partial charge is 0.253 e. The lowest BCUT2D eigenvalue weighted by molar-refractivity contribution is 0.0793. The van der Waals surface area contributed by atoms with Crippen molar-refractivity contribution >= 4 is 5.91 Å². The number of hydrogen-bond donors (Lipinski definition) is 0. The van der Waals surface area contributed by atoms with E-state index in [0.717, 1.165) is 42.8 Å². The van der Waals surface area contributed by atoms with Crippen LogP contribution in [0.3, 0.4) is 0 Å². The number of rotatable bonds is 4. The third-order valence-electron chi connectivity index (χ3n) is 4.75. The molecular weight excluding hydrogens is 298 g/mol. The van der Waals surface area contributed by atoms with Crippen molar-refractivity contribution in [2.75, 3.05) is 13.1 Å². The average molecular weight is 323 g/mol. The van der Waals surface area contributed by atoms with Gasteiger partial charge in [0.2, 0.25) is 0 Å². The highest BCUT2D eigenvalue weighted by atomic mass is 16.5. The second-order valence-corrected chi connectivity index (χ2v) is 6.69. The highest BCUT2D eigenvalue weighted by Gasteiger charge is 2.19. The highest BCUT2D eigenvalue weighted by Crippen LogP contribution is 2.24. The number of carbonyl (C=O) groups is 1. The molecule has 0 radical (unpaired) electrons. The molecule has 0 unspecified atom stereocenters. The average Bonchev–Trinajstić information content (AvgIpc) is 3.11. The third-order valence-corrected chi connectivity index (χ3v) is 4.75. The molecule has 0 spiro atoms. The predicted octanol–water partition coefficient (Wildman–Crippen LogP) is 4.43. The molecule has 1 amide bonds. The molecule has 0 saturated carbocycles. The molecule has 3 rings (SSSR count). The van der Waals surface area contributed by atoms with Gasteiger partial charge in [-0.25, -0.2) is 0 Å². The molecule has 126 valence electrons. The Balaban J connectivity index is 1.65. The number of aryl methyl sites for hydroxylation is 2. The van der Waals surface area contributed by atoms with Gasteiger partial charge >= 0.3 is 0 Å². The van der Waals surface area contributed by atoms with Crippen LogP contribution >= 0.6 is 0 Å². The van der Waals surface area contributed by atoms with Gasteiger partial charge in [-0.2, -0.15) is 0 Å². The Kier molecular flexibility index (Phi) is 4.89. The van der Waals surface area contributed by atoms with Crippen molar-refractivity contribution in [1.82, 2.24) is 4.90 Å². The predicted molar refractivity (Wildman–Crippen MR) is 96.6 cm³/mol. The molecule has 2 aromatic carbocycles. The van der Waals surface area contributed by atoms with Crippen molar-refractivity contribution in [2.45, 2.75) is 40.2 Å². The van der Waals surface area contributed by atoms with Crippen molar-refractivity contribution in [3.63, 3.8) is 0 Å². The van der Waals surface area contributed by atoms with Gasteiger partial charge in [-0.05, 0) is 74.1 Å². The molecule has 0 aliphatic carbocycles. The SMILES string of the molecule is Cc1cc(C)c(C)c(OCc2ccc(C(=O)N3CCCC3)cc2)c1. The van der Waals surface area contributed by atoms with E-state index in [1.807, 2.05) is 29.2 Å². The zero-order valence-electron chi connectivity index (χ0n) is 14.8. The number of ether oxygens (including phenoxy) is 1. The van der Waals surface area contributed by atoms with Crippen LogP contribution in [0.1, 0.15) is 45.5 Å². The monoisotopic (exact) mass is 323 g/mol. The molecule has 3 nitrogen and oxygen atoms in total. The van der Waals surface area contributed by atoms with Gasteiger partial charge in [-0.15, -0.1) is 0 Å². The van der Waals surface area contributed by atoms with E-state index in [2.05, 4.69) is 32.9 Å². The summed E-state index contributed by atoms with van der Waals surface area (Å²) in [5.41, 5.74) is 5.48. The molecule has 1 aliphatic rings. The molecule has 1 aliphatic heterocycles. The number of hydrogen-bond acceptors (Lipinski definition) is 2. The maximum Gasteiger partial charge on any atom is 0.253 e. The summed E-state index contributed by atoms with van der Waals surface area (Å²) in [5.74, 6) is 1.08. The first-order valence-electron chi connectivity index (χ1n) is 8.63. The first kappa shape index (κ1) is 16.6. The Morgan fingerprint density at radius 3 is 2.38 bits per heavy atom. The van der Waals surface area contributed by atoms with Crippen LogP contribution in [0.4, 0.5) is 0 Å². The Morgan fingerprint density at radius 2 is 1.71 bits per heavy atom. The van der Waals surface area contributed by atoms with Crippen molar-refractivity contribution in [3.05, 3.63) is 64.2 Å². The second-order valence-electron chi connectivity index (χ2n) is 6.69. The molecule has 1 heterocycles. The fourth-order valence-corrected chi connectivity index (χ4v) is 3.16. The van der Waals surface area contributed by atoms with E-state index in [1.54, 1.807) is 0 Å². The van der Waals surface area contributed by atoms with E-state index in [4.69, 9.17) is 4.74 Å². The van der Waals surface area contributed by atoms with Crippen LogP contribution in [0.15, 0.2) is 36.4 Å². The summed E-state index contributed by atoms with van der Waals surface area (Å²) in [7, 11) is 0. The third kappa shape index (κ3) is 3.61. The van der Waals surface area contributed by atoms with E-state index in [9.17, 15) is 4.79 Å². The maximum absolute atomic E-state index is 12.4. The Hall–Kier alpha value is -2.29. The van der Waals surface area contributed by atoms with Gasteiger partial charge in [0.05, 0.1) is 0 Å². The van der Waals surface area contributed by atoms with Gasteiger partial charge in [0.25, 0.3) is 5.91 Å². The first-order valence-corrected chi connectivity index (χ1v) is 8.63. The standard InChI is InChI=1S/C21H25NO2/c1-15-12-16(2)17(3)20(13-15)24-14-18-6-8-19(9-7-18)21(23)22-10-4-5-11-22/h6-9,12-13H,4-5,10-11,14H2,1-3H3. The van der Waals surface area contributed by atoms with Crippen molar-refractivity contribution in [3.8, 4) is 5.75 Å². The lowest BCUT2D eigenvalue weighted by atomic mass is 10.1. The van der Waals surface area contributed by atoms with Gasteiger partial charge in [0, 0.05) is 18.7 Å². The summed E-state index contributed by atoms with van der Waals surface area (Å²) < 4.78 is 5.99. The highest BCUT2D eigenvalue weighted by molar-refractivity contribution is 5.94. The molecule has 3 heteroatoms. The van der Waals surface area contributed by atoms with E-state index in [0.29, 0.717) is 6.61 Å². The van der Waals surface area contributed by atoms with Crippen LogP contribution in [-0.2, 0) is 6.61 Å². The normalized spacial score (nSPS) is 14.0.